The van der Waals surface area contributed by atoms with Crippen molar-refractivity contribution in [2.24, 2.45) is 0 Å². The molecule has 4 nitrogen and oxygen atoms in total. The molecular weight excluding hydrogens is 274 g/mol. The average molecular weight is 295 g/mol. The highest BCUT2D eigenvalue weighted by Crippen LogP contribution is 2.21. The third-order valence-corrected chi connectivity index (χ3v) is 4.86. The molecule has 0 aliphatic carbocycles. The molecule has 2 N–H and O–H groups in total. The summed E-state index contributed by atoms with van der Waals surface area (Å²) in [6.45, 7) is 6.86. The maximum absolute atomic E-state index is 12.1. The van der Waals surface area contributed by atoms with Gasteiger partial charge in [0.1, 0.15) is 0 Å². The summed E-state index contributed by atoms with van der Waals surface area (Å²) >= 11 is 0. The van der Waals surface area contributed by atoms with Crippen molar-refractivity contribution in [3.05, 3.63) is 29.3 Å². The fraction of sp³-hybridized carbons (Fsp3) is 0.467. The molecular formula is C15H21NO3S. The van der Waals surface area contributed by atoms with Crippen molar-refractivity contribution in [1.29, 1.82) is 0 Å². The third kappa shape index (κ3) is 4.26. The Morgan fingerprint density at radius 3 is 2.45 bits per heavy atom. The van der Waals surface area contributed by atoms with Crippen LogP contribution in [0.15, 0.2) is 18.2 Å². The van der Waals surface area contributed by atoms with Gasteiger partial charge >= 0.3 is 0 Å². The second-order valence-electron chi connectivity index (χ2n) is 5.52. The van der Waals surface area contributed by atoms with Crippen LogP contribution in [0.2, 0.25) is 0 Å². The molecule has 0 saturated heterocycles. The molecule has 0 amide bonds. The van der Waals surface area contributed by atoms with Gasteiger partial charge in [-0.1, -0.05) is 11.8 Å². The van der Waals surface area contributed by atoms with Crippen LogP contribution in [-0.4, -0.2) is 24.9 Å². The monoisotopic (exact) mass is 295 g/mol. The van der Waals surface area contributed by atoms with E-state index < -0.39 is 14.8 Å². The number of hydrogen-bond donors (Lipinski definition) is 2. The Balaban J connectivity index is 2.98. The Hall–Kier alpha value is -1.51. The summed E-state index contributed by atoms with van der Waals surface area (Å²) in [7, 11) is -3.42. The summed E-state index contributed by atoms with van der Waals surface area (Å²) in [6.07, 6.45) is 0.428. The summed E-state index contributed by atoms with van der Waals surface area (Å²) < 4.78 is 25.8. The number of rotatable bonds is 3. The summed E-state index contributed by atoms with van der Waals surface area (Å²) in [5.74, 6) is 5.79. The van der Waals surface area contributed by atoms with E-state index in [-0.39, 0.29) is 6.61 Å². The van der Waals surface area contributed by atoms with Crippen LogP contribution in [0.25, 0.3) is 0 Å². The van der Waals surface area contributed by atoms with Crippen LogP contribution in [0.1, 0.15) is 38.3 Å². The van der Waals surface area contributed by atoms with E-state index >= 15 is 0 Å². The first-order chi connectivity index (χ1) is 9.17. The molecule has 0 spiro atoms. The van der Waals surface area contributed by atoms with Gasteiger partial charge in [-0.05, 0) is 51.5 Å². The van der Waals surface area contributed by atoms with Gasteiger partial charge in [-0.2, -0.15) is 0 Å². The van der Waals surface area contributed by atoms with Gasteiger partial charge in [0.2, 0.25) is 10.0 Å². The third-order valence-electron chi connectivity index (χ3n) is 2.74. The second-order valence-corrected chi connectivity index (χ2v) is 7.96. The molecule has 1 rings (SSSR count). The average Bonchev–Trinajstić information content (AvgIpc) is 2.30. The van der Waals surface area contributed by atoms with Crippen molar-refractivity contribution in [3.8, 4) is 11.8 Å². The minimum absolute atomic E-state index is 0.0372. The van der Waals surface area contributed by atoms with Crippen molar-refractivity contribution in [2.45, 2.75) is 38.9 Å². The number of aryl methyl sites for hydroxylation is 1. The molecule has 0 bridgehead atoms. The lowest BCUT2D eigenvalue weighted by atomic mass is 10.1. The lowest BCUT2D eigenvalue weighted by molar-refractivity contribution is 0.305. The molecule has 1 aromatic carbocycles. The highest BCUT2D eigenvalue weighted by molar-refractivity contribution is 7.94. The molecule has 0 aliphatic rings. The van der Waals surface area contributed by atoms with E-state index in [1.54, 1.807) is 39.0 Å². The maximum atomic E-state index is 12.1. The molecule has 0 aromatic heterocycles. The molecule has 0 saturated carbocycles. The Morgan fingerprint density at radius 2 is 1.95 bits per heavy atom. The molecule has 0 radical (unpaired) electrons. The van der Waals surface area contributed by atoms with Crippen molar-refractivity contribution in [3.63, 3.8) is 0 Å². The molecule has 0 atom stereocenters. The Labute approximate surface area is 121 Å². The molecule has 0 aliphatic heterocycles. The van der Waals surface area contributed by atoms with Crippen LogP contribution in [0.3, 0.4) is 0 Å². The maximum Gasteiger partial charge on any atom is 0.237 e. The van der Waals surface area contributed by atoms with E-state index in [1.807, 2.05) is 6.92 Å². The molecule has 110 valence electrons. The highest BCUT2D eigenvalue weighted by atomic mass is 32.2. The SMILES string of the molecule is Cc1cc(NS(=O)(=O)C(C)(C)C)ccc1C#CCCO. The van der Waals surface area contributed by atoms with Gasteiger partial charge in [-0.25, -0.2) is 8.42 Å². The number of benzene rings is 1. The molecule has 0 fully saturated rings. The predicted molar refractivity (Wildman–Crippen MR) is 82.1 cm³/mol. The lowest BCUT2D eigenvalue weighted by Crippen LogP contribution is -2.33. The van der Waals surface area contributed by atoms with E-state index in [0.29, 0.717) is 12.1 Å². The zero-order valence-electron chi connectivity index (χ0n) is 12.3. The summed E-state index contributed by atoms with van der Waals surface area (Å²) in [6, 6.07) is 5.23. The van der Waals surface area contributed by atoms with Crippen molar-refractivity contribution >= 4 is 15.7 Å². The highest BCUT2D eigenvalue weighted by Gasteiger charge is 2.28. The molecule has 20 heavy (non-hydrogen) atoms. The van der Waals surface area contributed by atoms with Gasteiger partial charge in [-0.3, -0.25) is 4.72 Å². The second kappa shape index (κ2) is 6.29. The van der Waals surface area contributed by atoms with E-state index in [4.69, 9.17) is 5.11 Å². The van der Waals surface area contributed by atoms with E-state index in [2.05, 4.69) is 16.6 Å². The van der Waals surface area contributed by atoms with Crippen LogP contribution in [0.5, 0.6) is 0 Å². The molecule has 0 unspecified atom stereocenters. The first-order valence-corrected chi connectivity index (χ1v) is 7.88. The quantitative estimate of drug-likeness (QED) is 0.841. The number of nitrogens with one attached hydrogen (secondary N) is 1. The van der Waals surface area contributed by atoms with Gasteiger partial charge in [0.25, 0.3) is 0 Å². The van der Waals surface area contributed by atoms with E-state index in [1.165, 1.54) is 0 Å². The van der Waals surface area contributed by atoms with Gasteiger partial charge < -0.3 is 5.11 Å². The van der Waals surface area contributed by atoms with Crippen LogP contribution in [0, 0.1) is 18.8 Å². The standard InChI is InChI=1S/C15H21NO3S/c1-12-11-14(16-20(18,19)15(2,3)4)9-8-13(12)7-5-6-10-17/h8-9,11,16-17H,6,10H2,1-4H3. The van der Waals surface area contributed by atoms with Gasteiger partial charge in [-0.15, -0.1) is 0 Å². The topological polar surface area (TPSA) is 66.4 Å². The predicted octanol–water partition coefficient (Wildman–Crippen LogP) is 2.27. The minimum atomic E-state index is -3.42. The summed E-state index contributed by atoms with van der Waals surface area (Å²) in [5, 5.41) is 8.68. The number of aliphatic hydroxyl groups excluding tert-OH is 1. The summed E-state index contributed by atoms with van der Waals surface area (Å²) in [4.78, 5) is 0. The number of sulfonamides is 1. The molecule has 5 heteroatoms. The van der Waals surface area contributed by atoms with Gasteiger partial charge in [0.15, 0.2) is 0 Å². The van der Waals surface area contributed by atoms with Crippen LogP contribution >= 0.6 is 0 Å². The first-order valence-electron chi connectivity index (χ1n) is 6.40. The smallest absolute Gasteiger partial charge is 0.237 e. The number of anilines is 1. The fourth-order valence-electron chi connectivity index (χ4n) is 1.39. The lowest BCUT2D eigenvalue weighted by Gasteiger charge is -2.20. The Kier molecular flexibility index (Phi) is 5.21. The van der Waals surface area contributed by atoms with Crippen LogP contribution < -0.4 is 4.72 Å². The van der Waals surface area contributed by atoms with Gasteiger partial charge in [0.05, 0.1) is 11.4 Å². The van der Waals surface area contributed by atoms with Crippen LogP contribution in [0.4, 0.5) is 5.69 Å². The van der Waals surface area contributed by atoms with E-state index in [0.717, 1.165) is 11.1 Å². The normalized spacial score (nSPS) is 11.7. The Morgan fingerprint density at radius 1 is 1.30 bits per heavy atom. The van der Waals surface area contributed by atoms with Crippen LogP contribution in [-0.2, 0) is 10.0 Å². The Bertz CT molecular complexity index is 631. The van der Waals surface area contributed by atoms with Crippen molar-refractivity contribution in [1.82, 2.24) is 0 Å². The van der Waals surface area contributed by atoms with Gasteiger partial charge in [0, 0.05) is 17.7 Å². The largest absolute Gasteiger partial charge is 0.395 e. The van der Waals surface area contributed by atoms with Crippen molar-refractivity contribution in [2.75, 3.05) is 11.3 Å². The zero-order chi connectivity index (χ0) is 15.4. The van der Waals surface area contributed by atoms with Crippen molar-refractivity contribution < 1.29 is 13.5 Å². The minimum Gasteiger partial charge on any atom is -0.395 e. The zero-order valence-corrected chi connectivity index (χ0v) is 13.1. The molecule has 1 aromatic rings. The number of aliphatic hydroxyl groups is 1. The number of hydrogen-bond acceptors (Lipinski definition) is 3. The van der Waals surface area contributed by atoms with E-state index in [9.17, 15) is 8.42 Å². The summed E-state index contributed by atoms with van der Waals surface area (Å²) in [5.41, 5.74) is 2.26. The fourth-order valence-corrected chi connectivity index (χ4v) is 2.13. The molecule has 0 heterocycles. The first kappa shape index (κ1) is 16.5.